The van der Waals surface area contributed by atoms with E-state index in [-0.39, 0.29) is 5.69 Å². The first-order valence-corrected chi connectivity index (χ1v) is 8.07. The number of hydrogen-bond donors (Lipinski definition) is 2. The molecule has 7 heteroatoms. The van der Waals surface area contributed by atoms with Gasteiger partial charge in [-0.15, -0.1) is 0 Å². The first-order valence-electron chi connectivity index (χ1n) is 3.22. The van der Waals surface area contributed by atoms with Crippen LogP contribution in [0.15, 0.2) is 16.6 Å². The summed E-state index contributed by atoms with van der Waals surface area (Å²) in [5.41, 5.74) is 6.09. The summed E-state index contributed by atoms with van der Waals surface area (Å²) in [5.74, 6) is 5.14. The molecule has 0 fully saturated rings. The van der Waals surface area contributed by atoms with Gasteiger partial charge in [0, 0.05) is 4.47 Å². The van der Waals surface area contributed by atoms with Crippen LogP contribution in [0.4, 0.5) is 15.8 Å². The third-order valence-corrected chi connectivity index (χ3v) is 3.86. The lowest BCUT2D eigenvalue weighted by Gasteiger charge is -2.17. The molecule has 1 aromatic rings. The van der Waals surface area contributed by atoms with Crippen molar-refractivity contribution in [3.8, 4) is 0 Å². The number of rotatable bonds is 2. The van der Waals surface area contributed by atoms with Crippen LogP contribution in [0.25, 0.3) is 0 Å². The summed E-state index contributed by atoms with van der Waals surface area (Å²) in [5, 5.41) is 0. The zero-order chi connectivity index (χ0) is 10.0. The van der Waals surface area contributed by atoms with E-state index in [2.05, 4.69) is 38.0 Å². The van der Waals surface area contributed by atoms with Gasteiger partial charge in [0.1, 0.15) is 5.82 Å². The lowest BCUT2D eigenvalue weighted by atomic mass is 10.2. The number of nitrogens with two attached hydrogens (primary N) is 2. The maximum atomic E-state index is 13.1. The Morgan fingerprint density at radius 3 is 2.69 bits per heavy atom. The van der Waals surface area contributed by atoms with E-state index in [1.165, 1.54) is 10.8 Å². The van der Waals surface area contributed by atoms with E-state index < -0.39 is 5.82 Å². The van der Waals surface area contributed by atoms with Crippen molar-refractivity contribution in [1.29, 1.82) is 0 Å². The number of hydrazine groups is 1. The molecule has 0 aliphatic rings. The Balaban J connectivity index is 3.20. The van der Waals surface area contributed by atoms with Gasteiger partial charge in [-0.2, -0.15) is 0 Å². The van der Waals surface area contributed by atoms with Crippen molar-refractivity contribution in [1.82, 2.24) is 0 Å². The van der Waals surface area contributed by atoms with Gasteiger partial charge in [0.2, 0.25) is 0 Å². The highest BCUT2D eigenvalue weighted by Gasteiger charge is 2.10. The third kappa shape index (κ3) is 2.65. The summed E-state index contributed by atoms with van der Waals surface area (Å²) in [4.78, 5) is 0. The number of halogens is 3. The highest BCUT2D eigenvalue weighted by Crippen LogP contribution is 2.36. The fourth-order valence-electron chi connectivity index (χ4n) is 0.816. The average Bonchev–Trinajstić information content (AvgIpc) is 2.10. The first-order chi connectivity index (χ1) is 6.06. The standard InChI is InChI=1S/C6H7BrFIN3P/c7-3-1-4(8)6(10)5(2-3)12(11)13-9/h1-2,13H,10-11H2. The van der Waals surface area contributed by atoms with Crippen molar-refractivity contribution in [2.45, 2.75) is 0 Å². The van der Waals surface area contributed by atoms with Crippen molar-refractivity contribution < 1.29 is 4.39 Å². The summed E-state index contributed by atoms with van der Waals surface area (Å²) in [6, 6.07) is 2.99. The summed E-state index contributed by atoms with van der Waals surface area (Å²) in [6.45, 7) is 0. The second kappa shape index (κ2) is 4.72. The van der Waals surface area contributed by atoms with Crippen LogP contribution in [-0.2, 0) is 0 Å². The molecule has 1 rings (SSSR count). The van der Waals surface area contributed by atoms with Crippen LogP contribution < -0.4 is 16.4 Å². The number of nitrogen functional groups attached to an aromatic ring is 1. The Morgan fingerprint density at radius 2 is 2.15 bits per heavy atom. The van der Waals surface area contributed by atoms with Gasteiger partial charge in [-0.25, -0.2) is 10.2 Å². The molecule has 0 aliphatic carbocycles. The Bertz CT molecular complexity index is 325. The molecule has 0 bridgehead atoms. The van der Waals surface area contributed by atoms with Crippen LogP contribution in [0.5, 0.6) is 0 Å². The van der Waals surface area contributed by atoms with E-state index in [0.717, 1.165) is 0 Å². The van der Waals surface area contributed by atoms with Crippen molar-refractivity contribution >= 4 is 55.7 Å². The van der Waals surface area contributed by atoms with Crippen LogP contribution in [-0.4, -0.2) is 0 Å². The largest absolute Gasteiger partial charge is 0.395 e. The van der Waals surface area contributed by atoms with E-state index in [1.54, 1.807) is 6.07 Å². The molecular formula is C6H7BrFIN3P. The predicted octanol–water partition coefficient (Wildman–Crippen LogP) is 2.79. The Kier molecular flexibility index (Phi) is 4.15. The molecule has 13 heavy (non-hydrogen) atoms. The zero-order valence-electron chi connectivity index (χ0n) is 6.39. The monoisotopic (exact) mass is 377 g/mol. The van der Waals surface area contributed by atoms with Crippen LogP contribution in [0, 0.1) is 5.82 Å². The normalized spacial score (nSPS) is 11.1. The molecule has 0 aromatic heterocycles. The van der Waals surface area contributed by atoms with Gasteiger partial charge in [0.25, 0.3) is 0 Å². The molecule has 1 atom stereocenters. The van der Waals surface area contributed by atoms with E-state index in [1.807, 2.05) is 0 Å². The Labute approximate surface area is 98.5 Å². The van der Waals surface area contributed by atoms with Crippen molar-refractivity contribution in [3.63, 3.8) is 0 Å². The fraction of sp³-hybridized carbons (Fsp3) is 0. The van der Waals surface area contributed by atoms with Gasteiger partial charge in [-0.3, -0.25) is 4.78 Å². The van der Waals surface area contributed by atoms with Crippen LogP contribution in [0.3, 0.4) is 0 Å². The van der Waals surface area contributed by atoms with Crippen molar-refractivity contribution in [3.05, 3.63) is 22.4 Å². The fourth-order valence-corrected chi connectivity index (χ4v) is 2.29. The first kappa shape index (κ1) is 11.4. The summed E-state index contributed by atoms with van der Waals surface area (Å²) < 4.78 is 15.1. The highest BCUT2D eigenvalue weighted by atomic mass is 127. The SMILES string of the molecule is Nc1c(F)cc(Br)cc1N(N)PI. The van der Waals surface area contributed by atoms with E-state index >= 15 is 0 Å². The van der Waals surface area contributed by atoms with Gasteiger partial charge < -0.3 is 5.73 Å². The topological polar surface area (TPSA) is 55.3 Å². The molecule has 0 saturated heterocycles. The average molecular weight is 378 g/mol. The molecule has 0 heterocycles. The minimum atomic E-state index is -0.463. The summed E-state index contributed by atoms with van der Waals surface area (Å²) >= 11 is 5.26. The number of benzene rings is 1. The smallest absolute Gasteiger partial charge is 0.149 e. The second-order valence-electron chi connectivity index (χ2n) is 2.27. The molecule has 0 spiro atoms. The molecular weight excluding hydrogens is 371 g/mol. The van der Waals surface area contributed by atoms with Crippen LogP contribution in [0.1, 0.15) is 0 Å². The maximum Gasteiger partial charge on any atom is 0.149 e. The quantitative estimate of drug-likeness (QED) is 0.274. The molecule has 0 saturated carbocycles. The number of hydrogen-bond acceptors (Lipinski definition) is 3. The van der Waals surface area contributed by atoms with E-state index in [4.69, 9.17) is 11.6 Å². The predicted molar refractivity (Wildman–Crippen MR) is 67.5 cm³/mol. The Morgan fingerprint density at radius 1 is 1.54 bits per heavy atom. The van der Waals surface area contributed by atoms with Gasteiger partial charge in [0.05, 0.1) is 17.7 Å². The number of nitrogens with zero attached hydrogens (tertiary/aromatic N) is 1. The molecule has 1 unspecified atom stereocenters. The van der Waals surface area contributed by atoms with E-state index in [0.29, 0.717) is 16.5 Å². The minimum absolute atomic E-state index is 0.0786. The lowest BCUT2D eigenvalue weighted by molar-refractivity contribution is 0.632. The summed E-state index contributed by atoms with van der Waals surface area (Å²) in [6.07, 6.45) is 0.312. The minimum Gasteiger partial charge on any atom is -0.395 e. The van der Waals surface area contributed by atoms with Crippen molar-refractivity contribution in [2.24, 2.45) is 5.84 Å². The highest BCUT2D eigenvalue weighted by molar-refractivity contribution is 14.2. The van der Waals surface area contributed by atoms with Crippen molar-refractivity contribution in [2.75, 3.05) is 10.5 Å². The van der Waals surface area contributed by atoms with Gasteiger partial charge in [0.15, 0.2) is 0 Å². The van der Waals surface area contributed by atoms with Gasteiger partial charge in [-0.05, 0) is 34.2 Å². The molecule has 1 aromatic carbocycles. The van der Waals surface area contributed by atoms with Crippen LogP contribution in [0.2, 0.25) is 0 Å². The van der Waals surface area contributed by atoms with Crippen LogP contribution >= 0.6 is 44.3 Å². The maximum absolute atomic E-state index is 13.1. The molecule has 72 valence electrons. The molecule has 0 amide bonds. The molecule has 0 radical (unpaired) electrons. The molecule has 3 nitrogen and oxygen atoms in total. The van der Waals surface area contributed by atoms with E-state index in [9.17, 15) is 4.39 Å². The Hall–Kier alpha value is 0.350. The number of anilines is 2. The van der Waals surface area contributed by atoms with Gasteiger partial charge in [-0.1, -0.05) is 15.9 Å². The molecule has 0 aliphatic heterocycles. The van der Waals surface area contributed by atoms with Gasteiger partial charge >= 0.3 is 0 Å². The molecule has 4 N–H and O–H groups in total. The second-order valence-corrected chi connectivity index (χ2v) is 5.29. The lowest BCUT2D eigenvalue weighted by Crippen LogP contribution is -2.20. The summed E-state index contributed by atoms with van der Waals surface area (Å²) in [7, 11) is 0. The third-order valence-electron chi connectivity index (χ3n) is 1.42. The zero-order valence-corrected chi connectivity index (χ0v) is 11.1.